The molecule has 0 spiro atoms. The minimum atomic E-state index is -4.44. The number of amides is 1. The number of pyridine rings is 2. The second-order valence-corrected chi connectivity index (χ2v) is 5.90. The van der Waals surface area contributed by atoms with Crippen LogP contribution in [0.2, 0.25) is 0 Å². The monoisotopic (exact) mass is 382 g/mol. The molecule has 0 aliphatic carbocycles. The number of carbonyl (C=O) groups is 1. The van der Waals surface area contributed by atoms with Crippen LogP contribution in [0.15, 0.2) is 30.5 Å². The zero-order valence-corrected chi connectivity index (χ0v) is 15.1. The van der Waals surface area contributed by atoms with Gasteiger partial charge >= 0.3 is 6.18 Å². The van der Waals surface area contributed by atoms with Crippen molar-refractivity contribution in [2.75, 3.05) is 18.5 Å². The number of hydrogen-bond acceptors (Lipinski definition) is 5. The lowest BCUT2D eigenvalue weighted by atomic mass is 10.2. The SMILES string of the molecule is CCCNc1cc(CNC(=O)c2ccc(OCC(F)(F)F)nc2)cc(C)n1. The van der Waals surface area contributed by atoms with Gasteiger partial charge in [-0.1, -0.05) is 6.92 Å². The molecule has 146 valence electrons. The predicted octanol–water partition coefficient (Wildman–Crippen LogP) is 3.48. The molecule has 0 radical (unpaired) electrons. The molecule has 2 rings (SSSR count). The number of carbonyl (C=O) groups excluding carboxylic acids is 1. The Morgan fingerprint density at radius 2 is 2.04 bits per heavy atom. The summed E-state index contributed by atoms with van der Waals surface area (Å²) in [6.45, 7) is 3.58. The van der Waals surface area contributed by atoms with Crippen LogP contribution in [0.4, 0.5) is 19.0 Å². The maximum absolute atomic E-state index is 12.2. The molecule has 0 unspecified atom stereocenters. The third-order valence-electron chi connectivity index (χ3n) is 3.40. The van der Waals surface area contributed by atoms with Crippen LogP contribution in [-0.2, 0) is 6.54 Å². The van der Waals surface area contributed by atoms with E-state index in [9.17, 15) is 18.0 Å². The Morgan fingerprint density at radius 3 is 2.67 bits per heavy atom. The lowest BCUT2D eigenvalue weighted by molar-refractivity contribution is -0.154. The first-order chi connectivity index (χ1) is 12.8. The Morgan fingerprint density at radius 1 is 1.26 bits per heavy atom. The Hall–Kier alpha value is -2.84. The fraction of sp³-hybridized carbons (Fsp3) is 0.389. The van der Waals surface area contributed by atoms with E-state index in [1.165, 1.54) is 18.3 Å². The second kappa shape index (κ2) is 9.20. The van der Waals surface area contributed by atoms with Gasteiger partial charge in [0.25, 0.3) is 5.91 Å². The topological polar surface area (TPSA) is 76.1 Å². The van der Waals surface area contributed by atoms with Crippen molar-refractivity contribution in [2.45, 2.75) is 33.0 Å². The largest absolute Gasteiger partial charge is 0.468 e. The minimum absolute atomic E-state index is 0.194. The van der Waals surface area contributed by atoms with Crippen molar-refractivity contribution in [3.63, 3.8) is 0 Å². The number of aryl methyl sites for hydroxylation is 1. The van der Waals surface area contributed by atoms with Crippen LogP contribution in [0.1, 0.15) is 35.0 Å². The molecule has 6 nitrogen and oxygen atoms in total. The summed E-state index contributed by atoms with van der Waals surface area (Å²) in [5.41, 5.74) is 1.94. The van der Waals surface area contributed by atoms with Crippen molar-refractivity contribution >= 4 is 11.7 Å². The standard InChI is InChI=1S/C18H21F3N4O2/c1-3-6-22-15-8-13(7-12(2)25-15)9-24-17(26)14-4-5-16(23-10-14)27-11-18(19,20)21/h4-5,7-8,10H,3,6,9,11H2,1-2H3,(H,22,25)(H,24,26). The highest BCUT2D eigenvalue weighted by Gasteiger charge is 2.28. The Balaban J connectivity index is 1.92. The lowest BCUT2D eigenvalue weighted by Gasteiger charge is -2.10. The predicted molar refractivity (Wildman–Crippen MR) is 94.7 cm³/mol. The minimum Gasteiger partial charge on any atom is -0.468 e. The first kappa shape index (κ1) is 20.5. The van der Waals surface area contributed by atoms with Crippen LogP contribution in [0, 0.1) is 6.92 Å². The van der Waals surface area contributed by atoms with Gasteiger partial charge in [0, 0.05) is 31.0 Å². The number of anilines is 1. The van der Waals surface area contributed by atoms with E-state index in [1.807, 2.05) is 19.1 Å². The van der Waals surface area contributed by atoms with Gasteiger partial charge in [-0.05, 0) is 37.1 Å². The summed E-state index contributed by atoms with van der Waals surface area (Å²) in [6.07, 6.45) is -2.30. The Bertz CT molecular complexity index is 764. The second-order valence-electron chi connectivity index (χ2n) is 5.90. The number of alkyl halides is 3. The summed E-state index contributed by atoms with van der Waals surface area (Å²) in [4.78, 5) is 20.3. The van der Waals surface area contributed by atoms with Crippen LogP contribution < -0.4 is 15.4 Å². The molecule has 1 amide bonds. The van der Waals surface area contributed by atoms with Gasteiger partial charge in [-0.25, -0.2) is 9.97 Å². The third-order valence-corrected chi connectivity index (χ3v) is 3.40. The van der Waals surface area contributed by atoms with Crippen LogP contribution in [0.3, 0.4) is 0 Å². The van der Waals surface area contributed by atoms with Crippen LogP contribution in [0.5, 0.6) is 5.88 Å². The number of nitrogens with one attached hydrogen (secondary N) is 2. The van der Waals surface area contributed by atoms with Crippen molar-refractivity contribution in [1.82, 2.24) is 15.3 Å². The molecule has 2 heterocycles. The summed E-state index contributed by atoms with van der Waals surface area (Å²) in [5, 5.41) is 5.94. The lowest BCUT2D eigenvalue weighted by Crippen LogP contribution is -2.23. The van der Waals surface area contributed by atoms with Crippen molar-refractivity contribution in [3.05, 3.63) is 47.3 Å². The van der Waals surface area contributed by atoms with Crippen molar-refractivity contribution in [3.8, 4) is 5.88 Å². The first-order valence-electron chi connectivity index (χ1n) is 8.42. The van der Waals surface area contributed by atoms with Gasteiger partial charge in [-0.2, -0.15) is 13.2 Å². The van der Waals surface area contributed by atoms with E-state index in [-0.39, 0.29) is 23.9 Å². The summed E-state index contributed by atoms with van der Waals surface area (Å²) in [7, 11) is 0. The zero-order valence-electron chi connectivity index (χ0n) is 15.1. The molecule has 27 heavy (non-hydrogen) atoms. The van der Waals surface area contributed by atoms with Crippen LogP contribution in [-0.4, -0.2) is 35.2 Å². The summed E-state index contributed by atoms with van der Waals surface area (Å²) in [5.74, 6) is 0.164. The number of aromatic nitrogens is 2. The molecule has 2 aromatic heterocycles. The average Bonchev–Trinajstić information content (AvgIpc) is 2.62. The molecule has 0 aliphatic rings. The van der Waals surface area contributed by atoms with E-state index in [0.29, 0.717) is 0 Å². The van der Waals surface area contributed by atoms with Crippen molar-refractivity contribution in [2.24, 2.45) is 0 Å². The molecule has 2 aromatic rings. The molecule has 0 saturated carbocycles. The number of nitrogens with zero attached hydrogens (tertiary/aromatic N) is 2. The Labute approximate surface area is 155 Å². The number of halogens is 3. The van der Waals surface area contributed by atoms with Crippen LogP contribution >= 0.6 is 0 Å². The van der Waals surface area contributed by atoms with Gasteiger partial charge in [-0.3, -0.25) is 4.79 Å². The fourth-order valence-electron chi connectivity index (χ4n) is 2.23. The smallest absolute Gasteiger partial charge is 0.422 e. The normalized spacial score (nSPS) is 11.1. The van der Waals surface area contributed by atoms with Crippen molar-refractivity contribution in [1.29, 1.82) is 0 Å². The summed E-state index contributed by atoms with van der Waals surface area (Å²) in [6, 6.07) is 6.31. The van der Waals surface area contributed by atoms with Crippen molar-refractivity contribution < 1.29 is 22.7 Å². The van der Waals surface area contributed by atoms with E-state index >= 15 is 0 Å². The molecule has 0 saturated heterocycles. The van der Waals surface area contributed by atoms with E-state index in [1.54, 1.807) is 0 Å². The highest BCUT2D eigenvalue weighted by molar-refractivity contribution is 5.93. The maximum atomic E-state index is 12.2. The molecule has 0 bridgehead atoms. The molecular weight excluding hydrogens is 361 g/mol. The molecular formula is C18H21F3N4O2. The van der Waals surface area contributed by atoms with E-state index in [4.69, 9.17) is 0 Å². The van der Waals surface area contributed by atoms with Gasteiger partial charge in [0.15, 0.2) is 6.61 Å². The van der Waals surface area contributed by atoms with Gasteiger partial charge in [0.05, 0.1) is 5.56 Å². The number of ether oxygens (including phenoxy) is 1. The number of hydrogen-bond donors (Lipinski definition) is 2. The maximum Gasteiger partial charge on any atom is 0.422 e. The molecule has 0 aliphatic heterocycles. The van der Waals surface area contributed by atoms with E-state index < -0.39 is 12.8 Å². The fourth-order valence-corrected chi connectivity index (χ4v) is 2.23. The molecule has 0 fully saturated rings. The summed E-state index contributed by atoms with van der Waals surface area (Å²) >= 11 is 0. The first-order valence-corrected chi connectivity index (χ1v) is 8.42. The molecule has 2 N–H and O–H groups in total. The number of rotatable bonds is 8. The molecule has 0 aromatic carbocycles. The highest BCUT2D eigenvalue weighted by atomic mass is 19.4. The van der Waals surface area contributed by atoms with E-state index in [2.05, 4.69) is 32.3 Å². The van der Waals surface area contributed by atoms with Gasteiger partial charge in [0.2, 0.25) is 5.88 Å². The average molecular weight is 382 g/mol. The third kappa shape index (κ3) is 7.12. The Kier molecular flexibility index (Phi) is 6.98. The van der Waals surface area contributed by atoms with Gasteiger partial charge < -0.3 is 15.4 Å². The van der Waals surface area contributed by atoms with Gasteiger partial charge in [0.1, 0.15) is 5.82 Å². The molecule has 9 heteroatoms. The quantitative estimate of drug-likeness (QED) is 0.731. The van der Waals surface area contributed by atoms with Gasteiger partial charge in [-0.15, -0.1) is 0 Å². The summed E-state index contributed by atoms with van der Waals surface area (Å²) < 4.78 is 40.8. The zero-order chi connectivity index (χ0) is 19.9. The van der Waals surface area contributed by atoms with E-state index in [0.717, 1.165) is 30.0 Å². The van der Waals surface area contributed by atoms with Crippen LogP contribution in [0.25, 0.3) is 0 Å². The molecule has 0 atom stereocenters. The highest BCUT2D eigenvalue weighted by Crippen LogP contribution is 2.17.